The maximum absolute atomic E-state index is 5.59. The molecule has 0 bridgehead atoms. The van der Waals surface area contributed by atoms with Crippen molar-refractivity contribution in [3.05, 3.63) is 46.2 Å². The fourth-order valence-corrected chi connectivity index (χ4v) is 1.79. The first-order valence-corrected chi connectivity index (χ1v) is 5.72. The quantitative estimate of drug-likeness (QED) is 0.863. The number of rotatable bonds is 4. The highest BCUT2D eigenvalue weighted by Gasteiger charge is 2.07. The molecule has 0 aliphatic heterocycles. The summed E-state index contributed by atoms with van der Waals surface area (Å²) in [7, 11) is 1.85. The van der Waals surface area contributed by atoms with E-state index in [0.717, 1.165) is 15.9 Å². The highest BCUT2D eigenvalue weighted by Crippen LogP contribution is 2.13. The lowest BCUT2D eigenvalue weighted by molar-refractivity contribution is 0.102. The Morgan fingerprint density at radius 1 is 1.25 bits per heavy atom. The number of halogens is 1. The van der Waals surface area contributed by atoms with Gasteiger partial charge in [-0.05, 0) is 21.5 Å². The zero-order valence-electron chi connectivity index (χ0n) is 8.93. The minimum absolute atomic E-state index is 0.499. The van der Waals surface area contributed by atoms with Crippen molar-refractivity contribution in [1.82, 2.24) is 15.0 Å². The molecule has 1 aromatic carbocycles. The Bertz CT molecular complexity index is 436. The summed E-state index contributed by atoms with van der Waals surface area (Å²) >= 11 is 3.33. The van der Waals surface area contributed by atoms with Crippen LogP contribution >= 0.6 is 15.9 Å². The van der Waals surface area contributed by atoms with Gasteiger partial charge in [-0.25, -0.2) is 4.68 Å². The third kappa shape index (κ3) is 2.68. The zero-order valence-corrected chi connectivity index (χ0v) is 10.5. The van der Waals surface area contributed by atoms with E-state index >= 15 is 0 Å². The second-order valence-electron chi connectivity index (χ2n) is 3.43. The molecule has 0 saturated carbocycles. The van der Waals surface area contributed by atoms with Crippen LogP contribution in [0.2, 0.25) is 0 Å². The number of aryl methyl sites for hydroxylation is 1. The van der Waals surface area contributed by atoms with Crippen LogP contribution in [0.4, 0.5) is 0 Å². The van der Waals surface area contributed by atoms with Crippen LogP contribution < -0.4 is 0 Å². The van der Waals surface area contributed by atoms with Crippen molar-refractivity contribution in [3.63, 3.8) is 0 Å². The normalized spacial score (nSPS) is 10.6. The molecule has 0 atom stereocenters. The van der Waals surface area contributed by atoms with Gasteiger partial charge >= 0.3 is 0 Å². The molecule has 0 radical (unpaired) electrons. The molecule has 16 heavy (non-hydrogen) atoms. The minimum atomic E-state index is 0.499. The van der Waals surface area contributed by atoms with Gasteiger partial charge in [0.15, 0.2) is 4.60 Å². The largest absolute Gasteiger partial charge is 0.370 e. The van der Waals surface area contributed by atoms with Crippen molar-refractivity contribution in [2.75, 3.05) is 0 Å². The van der Waals surface area contributed by atoms with Crippen LogP contribution in [-0.4, -0.2) is 15.0 Å². The molecule has 84 valence electrons. The summed E-state index contributed by atoms with van der Waals surface area (Å²) in [6.45, 7) is 1.09. The third-order valence-electron chi connectivity index (χ3n) is 2.25. The van der Waals surface area contributed by atoms with E-state index < -0.39 is 0 Å². The van der Waals surface area contributed by atoms with E-state index in [4.69, 9.17) is 4.74 Å². The smallest absolute Gasteiger partial charge is 0.153 e. The Hall–Kier alpha value is -1.20. The summed E-state index contributed by atoms with van der Waals surface area (Å²) in [6, 6.07) is 10.1. The van der Waals surface area contributed by atoms with Gasteiger partial charge in [-0.1, -0.05) is 35.5 Å². The van der Waals surface area contributed by atoms with E-state index in [1.165, 1.54) is 0 Å². The molecule has 0 fully saturated rings. The summed E-state index contributed by atoms with van der Waals surface area (Å²) in [6.07, 6.45) is 0. The topological polar surface area (TPSA) is 39.9 Å². The first-order chi connectivity index (χ1) is 7.77. The molecular weight excluding hydrogens is 270 g/mol. The van der Waals surface area contributed by atoms with Crippen molar-refractivity contribution in [2.24, 2.45) is 7.05 Å². The highest BCUT2D eigenvalue weighted by atomic mass is 79.9. The van der Waals surface area contributed by atoms with E-state index in [0.29, 0.717) is 13.2 Å². The molecule has 0 N–H and O–H groups in total. The number of benzene rings is 1. The van der Waals surface area contributed by atoms with Gasteiger partial charge in [0.05, 0.1) is 18.9 Å². The SMILES string of the molecule is Cn1nnc(Br)c1COCc1ccccc1. The predicted octanol–water partition coefficient (Wildman–Crippen LogP) is 2.29. The van der Waals surface area contributed by atoms with Crippen LogP contribution in [0.15, 0.2) is 34.9 Å². The second-order valence-corrected chi connectivity index (χ2v) is 4.18. The molecule has 0 aliphatic carbocycles. The first kappa shape index (κ1) is 11.3. The van der Waals surface area contributed by atoms with E-state index in [1.54, 1.807) is 4.68 Å². The molecule has 2 aromatic rings. The van der Waals surface area contributed by atoms with Crippen molar-refractivity contribution in [1.29, 1.82) is 0 Å². The fourth-order valence-electron chi connectivity index (χ4n) is 1.34. The summed E-state index contributed by atoms with van der Waals surface area (Å²) in [5.74, 6) is 0. The maximum Gasteiger partial charge on any atom is 0.153 e. The Labute approximate surface area is 102 Å². The van der Waals surface area contributed by atoms with Crippen molar-refractivity contribution in [2.45, 2.75) is 13.2 Å². The van der Waals surface area contributed by atoms with Crippen LogP contribution in [0.3, 0.4) is 0 Å². The molecule has 2 rings (SSSR count). The molecular formula is C11H12BrN3O. The number of hydrogen-bond donors (Lipinski definition) is 0. The van der Waals surface area contributed by atoms with Gasteiger partial charge in [0.1, 0.15) is 0 Å². The molecule has 0 saturated heterocycles. The number of ether oxygens (including phenoxy) is 1. The monoisotopic (exact) mass is 281 g/mol. The lowest BCUT2D eigenvalue weighted by Crippen LogP contribution is -2.02. The zero-order chi connectivity index (χ0) is 11.4. The highest BCUT2D eigenvalue weighted by molar-refractivity contribution is 9.10. The van der Waals surface area contributed by atoms with Gasteiger partial charge in [0.25, 0.3) is 0 Å². The minimum Gasteiger partial charge on any atom is -0.370 e. The van der Waals surface area contributed by atoms with E-state index in [2.05, 4.69) is 26.2 Å². The summed E-state index contributed by atoms with van der Waals surface area (Å²) in [5.41, 5.74) is 2.10. The number of aromatic nitrogens is 3. The molecule has 1 heterocycles. The molecule has 0 aliphatic rings. The van der Waals surface area contributed by atoms with Gasteiger partial charge in [-0.2, -0.15) is 0 Å². The maximum atomic E-state index is 5.59. The van der Waals surface area contributed by atoms with Gasteiger partial charge in [0.2, 0.25) is 0 Å². The molecule has 1 aromatic heterocycles. The molecule has 4 nitrogen and oxygen atoms in total. The Balaban J connectivity index is 1.89. The lowest BCUT2D eigenvalue weighted by Gasteiger charge is -2.04. The molecule has 0 amide bonds. The van der Waals surface area contributed by atoms with Crippen LogP contribution in [-0.2, 0) is 25.0 Å². The van der Waals surface area contributed by atoms with Gasteiger partial charge in [-0.3, -0.25) is 0 Å². The second kappa shape index (κ2) is 5.23. The summed E-state index contributed by atoms with van der Waals surface area (Å²) in [5, 5.41) is 7.77. The molecule has 5 heteroatoms. The van der Waals surface area contributed by atoms with Crippen molar-refractivity contribution >= 4 is 15.9 Å². The molecule has 0 unspecified atom stereocenters. The van der Waals surface area contributed by atoms with Crippen LogP contribution in [0.1, 0.15) is 11.3 Å². The van der Waals surface area contributed by atoms with Crippen molar-refractivity contribution in [3.8, 4) is 0 Å². The average Bonchev–Trinajstić information content (AvgIpc) is 2.62. The third-order valence-corrected chi connectivity index (χ3v) is 2.86. The number of hydrogen-bond acceptors (Lipinski definition) is 3. The van der Waals surface area contributed by atoms with Crippen LogP contribution in [0.5, 0.6) is 0 Å². The fraction of sp³-hybridized carbons (Fsp3) is 0.273. The van der Waals surface area contributed by atoms with E-state index in [9.17, 15) is 0 Å². The van der Waals surface area contributed by atoms with E-state index in [-0.39, 0.29) is 0 Å². The average molecular weight is 282 g/mol. The van der Waals surface area contributed by atoms with Crippen LogP contribution in [0.25, 0.3) is 0 Å². The van der Waals surface area contributed by atoms with Gasteiger partial charge < -0.3 is 4.74 Å². The van der Waals surface area contributed by atoms with Crippen LogP contribution in [0, 0.1) is 0 Å². The first-order valence-electron chi connectivity index (χ1n) is 4.93. The summed E-state index contributed by atoms with van der Waals surface area (Å²) < 4.78 is 8.04. The molecule has 0 spiro atoms. The Morgan fingerprint density at radius 2 is 2.00 bits per heavy atom. The standard InChI is InChI=1S/C11H12BrN3O/c1-15-10(11(12)13-14-15)8-16-7-9-5-3-2-4-6-9/h2-6H,7-8H2,1H3. The van der Waals surface area contributed by atoms with E-state index in [1.807, 2.05) is 37.4 Å². The summed E-state index contributed by atoms with van der Waals surface area (Å²) in [4.78, 5) is 0. The lowest BCUT2D eigenvalue weighted by atomic mass is 10.2. The van der Waals surface area contributed by atoms with Gasteiger partial charge in [0, 0.05) is 7.05 Å². The Kier molecular flexibility index (Phi) is 3.69. The Morgan fingerprint density at radius 3 is 2.62 bits per heavy atom. The number of nitrogens with zero attached hydrogens (tertiary/aromatic N) is 3. The predicted molar refractivity (Wildman–Crippen MR) is 63.6 cm³/mol. The van der Waals surface area contributed by atoms with Gasteiger partial charge in [-0.15, -0.1) is 5.10 Å². The van der Waals surface area contributed by atoms with Crippen molar-refractivity contribution < 1.29 is 4.74 Å².